The van der Waals surface area contributed by atoms with Gasteiger partial charge in [0.2, 0.25) is 0 Å². The zero-order chi connectivity index (χ0) is 19.8. The van der Waals surface area contributed by atoms with Crippen molar-refractivity contribution in [3.05, 3.63) is 92.5 Å². The smallest absolute Gasteiger partial charge is 0.270 e. The van der Waals surface area contributed by atoms with Crippen LogP contribution in [0.3, 0.4) is 0 Å². The summed E-state index contributed by atoms with van der Waals surface area (Å²) in [4.78, 5) is 15.7. The fourth-order valence-electron chi connectivity index (χ4n) is 3.38. The number of pyridine rings is 1. The highest BCUT2D eigenvalue weighted by atomic mass is 35.5. The molecule has 0 bridgehead atoms. The number of benzene rings is 3. The van der Waals surface area contributed by atoms with Gasteiger partial charge in [0.25, 0.3) is 5.69 Å². The summed E-state index contributed by atoms with van der Waals surface area (Å²) in [5.41, 5.74) is 4.93. The first kappa shape index (κ1) is 21.1. The molecule has 0 spiro atoms. The summed E-state index contributed by atoms with van der Waals surface area (Å²) in [6.45, 7) is 1.95. The average molecular weight is 445 g/mol. The van der Waals surface area contributed by atoms with E-state index < -0.39 is 4.92 Å². The summed E-state index contributed by atoms with van der Waals surface area (Å²) < 4.78 is 0. The number of nitro groups is 1. The van der Waals surface area contributed by atoms with E-state index in [4.69, 9.17) is 28.2 Å². The first-order chi connectivity index (χ1) is 13.5. The van der Waals surface area contributed by atoms with Crippen LogP contribution in [0.25, 0.3) is 33.3 Å². The van der Waals surface area contributed by atoms with E-state index >= 15 is 0 Å². The molecule has 4 aromatic rings. The van der Waals surface area contributed by atoms with Crippen molar-refractivity contribution in [3.8, 4) is 22.4 Å². The zero-order valence-electron chi connectivity index (χ0n) is 15.2. The predicted octanol–water partition coefficient (Wildman–Crippen LogP) is 4.10. The largest absolute Gasteiger partial charge is 1.00 e. The van der Waals surface area contributed by atoms with E-state index in [0.717, 1.165) is 33.3 Å². The third-order valence-electron chi connectivity index (χ3n) is 4.67. The van der Waals surface area contributed by atoms with Crippen molar-refractivity contribution in [2.45, 2.75) is 6.92 Å². The Labute approximate surface area is 183 Å². The molecule has 0 aliphatic heterocycles. The van der Waals surface area contributed by atoms with Gasteiger partial charge in [-0.3, -0.25) is 10.1 Å². The lowest BCUT2D eigenvalue weighted by Crippen LogP contribution is -3.00. The Morgan fingerprint density at radius 2 is 1.69 bits per heavy atom. The van der Waals surface area contributed by atoms with Gasteiger partial charge < -0.3 is 12.4 Å². The lowest BCUT2D eigenvalue weighted by atomic mass is 9.92. The van der Waals surface area contributed by atoms with Crippen LogP contribution in [0.4, 0.5) is 5.69 Å². The van der Waals surface area contributed by atoms with E-state index in [1.807, 2.05) is 43.3 Å². The average Bonchev–Trinajstić information content (AvgIpc) is 2.68. The molecule has 4 nitrogen and oxygen atoms in total. The number of halogens is 3. The second-order valence-electron chi connectivity index (χ2n) is 6.41. The van der Waals surface area contributed by atoms with Gasteiger partial charge in [-0.25, -0.2) is 4.98 Å². The Hall–Kier alpha value is -2.66. The summed E-state index contributed by atoms with van der Waals surface area (Å²) in [7, 11) is 0. The highest BCUT2D eigenvalue weighted by Crippen LogP contribution is 2.40. The third kappa shape index (κ3) is 3.92. The van der Waals surface area contributed by atoms with E-state index in [2.05, 4.69) is 0 Å². The molecule has 0 saturated carbocycles. The number of nitrogens with zero attached hydrogens (tertiary/aromatic N) is 2. The fourth-order valence-corrected chi connectivity index (χ4v) is 3.88. The molecule has 0 N–H and O–H groups in total. The summed E-state index contributed by atoms with van der Waals surface area (Å²) in [6, 6.07) is 19.8. The molecule has 0 fully saturated rings. The van der Waals surface area contributed by atoms with Crippen molar-refractivity contribution in [1.29, 1.82) is 0 Å². The van der Waals surface area contributed by atoms with Gasteiger partial charge in [0, 0.05) is 28.1 Å². The summed E-state index contributed by atoms with van der Waals surface area (Å²) in [6.07, 6.45) is 0. The molecule has 0 unspecified atom stereocenters. The van der Waals surface area contributed by atoms with Crippen LogP contribution in [0.2, 0.25) is 10.0 Å². The first-order valence-electron chi connectivity index (χ1n) is 8.55. The van der Waals surface area contributed by atoms with Crippen molar-refractivity contribution < 1.29 is 17.3 Å². The van der Waals surface area contributed by atoms with Gasteiger partial charge in [-0.05, 0) is 47.9 Å². The predicted molar refractivity (Wildman–Crippen MR) is 114 cm³/mol. The fraction of sp³-hybridized carbons (Fsp3) is 0.0455. The highest BCUT2D eigenvalue weighted by Gasteiger charge is 2.19. The molecule has 0 radical (unpaired) electrons. The topological polar surface area (TPSA) is 56.0 Å². The van der Waals surface area contributed by atoms with Crippen LogP contribution >= 0.6 is 23.2 Å². The minimum Gasteiger partial charge on any atom is -1.00 e. The molecular formula is C22H14Cl3N2O2-. The quantitative estimate of drug-likeness (QED) is 0.353. The second kappa shape index (κ2) is 8.37. The van der Waals surface area contributed by atoms with E-state index in [1.165, 1.54) is 6.07 Å². The van der Waals surface area contributed by atoms with Gasteiger partial charge in [-0.2, -0.15) is 0 Å². The van der Waals surface area contributed by atoms with Crippen LogP contribution in [0, 0.1) is 17.0 Å². The number of aromatic nitrogens is 1. The summed E-state index contributed by atoms with van der Waals surface area (Å²) in [5, 5.41) is 13.1. The van der Waals surface area contributed by atoms with Crippen molar-refractivity contribution in [1.82, 2.24) is 4.98 Å². The Bertz CT molecular complexity index is 1230. The van der Waals surface area contributed by atoms with Crippen LogP contribution in [-0.4, -0.2) is 9.91 Å². The van der Waals surface area contributed by atoms with Gasteiger partial charge in [0.1, 0.15) is 0 Å². The molecule has 0 aliphatic rings. The number of fused-ring (bicyclic) bond motifs is 1. The molecule has 0 atom stereocenters. The molecule has 1 heterocycles. The monoisotopic (exact) mass is 443 g/mol. The van der Waals surface area contributed by atoms with E-state index in [1.54, 1.807) is 24.3 Å². The Morgan fingerprint density at radius 1 is 0.966 bits per heavy atom. The molecule has 29 heavy (non-hydrogen) atoms. The van der Waals surface area contributed by atoms with Crippen molar-refractivity contribution in [2.24, 2.45) is 0 Å². The number of hydrogen-bond acceptors (Lipinski definition) is 3. The van der Waals surface area contributed by atoms with E-state index in [9.17, 15) is 10.1 Å². The molecule has 4 rings (SSSR count). The SMILES string of the molecule is Cc1c(-c2ccc(Cl)cc2Cl)nc2ccc([N+](=O)[O-])cc2c1-c1ccccc1.[Cl-]. The molecule has 1 aromatic heterocycles. The number of hydrogen-bond donors (Lipinski definition) is 0. The second-order valence-corrected chi connectivity index (χ2v) is 7.25. The van der Waals surface area contributed by atoms with Gasteiger partial charge in [-0.1, -0.05) is 53.5 Å². The van der Waals surface area contributed by atoms with E-state index in [0.29, 0.717) is 15.6 Å². The maximum atomic E-state index is 11.3. The van der Waals surface area contributed by atoms with Crippen LogP contribution in [0.5, 0.6) is 0 Å². The van der Waals surface area contributed by atoms with Crippen LogP contribution < -0.4 is 12.4 Å². The van der Waals surface area contributed by atoms with Gasteiger partial charge in [0.05, 0.1) is 21.2 Å². The number of nitro benzene ring substituents is 1. The first-order valence-corrected chi connectivity index (χ1v) is 9.31. The zero-order valence-corrected chi connectivity index (χ0v) is 17.5. The standard InChI is InChI=1S/C22H14Cl2N2O2.ClH/c1-13-21(14-5-3-2-4-6-14)18-12-16(26(27)28)8-10-20(18)25-22(13)17-9-7-15(23)11-19(17)24;/h2-12H,1H3;1H/p-1. The third-order valence-corrected chi connectivity index (χ3v) is 5.22. The molecule has 3 aromatic carbocycles. The number of non-ortho nitro benzene ring substituents is 1. The summed E-state index contributed by atoms with van der Waals surface area (Å²) in [5.74, 6) is 0. The van der Waals surface area contributed by atoms with Crippen LogP contribution in [-0.2, 0) is 0 Å². The molecule has 7 heteroatoms. The molecule has 0 amide bonds. The molecule has 0 saturated heterocycles. The van der Waals surface area contributed by atoms with Gasteiger partial charge in [0.15, 0.2) is 0 Å². The Balaban J connectivity index is 0.00000240. The Morgan fingerprint density at radius 3 is 2.34 bits per heavy atom. The maximum absolute atomic E-state index is 11.3. The van der Waals surface area contributed by atoms with Crippen molar-refractivity contribution in [3.63, 3.8) is 0 Å². The normalized spacial score (nSPS) is 10.6. The number of rotatable bonds is 3. The molecule has 146 valence electrons. The minimum absolute atomic E-state index is 0. The van der Waals surface area contributed by atoms with Gasteiger partial charge >= 0.3 is 0 Å². The highest BCUT2D eigenvalue weighted by molar-refractivity contribution is 6.36. The lowest BCUT2D eigenvalue weighted by Gasteiger charge is -2.16. The molecular weight excluding hydrogens is 431 g/mol. The van der Waals surface area contributed by atoms with E-state index in [-0.39, 0.29) is 18.1 Å². The lowest BCUT2D eigenvalue weighted by molar-refractivity contribution is -0.384. The summed E-state index contributed by atoms with van der Waals surface area (Å²) >= 11 is 12.5. The van der Waals surface area contributed by atoms with Gasteiger partial charge in [-0.15, -0.1) is 0 Å². The van der Waals surface area contributed by atoms with Crippen molar-refractivity contribution in [2.75, 3.05) is 0 Å². The molecule has 0 aliphatic carbocycles. The van der Waals surface area contributed by atoms with Crippen LogP contribution in [0.15, 0.2) is 66.7 Å². The maximum Gasteiger partial charge on any atom is 0.270 e. The minimum atomic E-state index is -0.395. The Kier molecular flexibility index (Phi) is 6.08. The van der Waals surface area contributed by atoms with Crippen LogP contribution in [0.1, 0.15) is 5.56 Å². The van der Waals surface area contributed by atoms with Crippen molar-refractivity contribution >= 4 is 39.8 Å².